The lowest BCUT2D eigenvalue weighted by Crippen LogP contribution is -2.23. The third-order valence-corrected chi connectivity index (χ3v) is 3.94. The first-order valence-corrected chi connectivity index (χ1v) is 9.69. The zero-order valence-corrected chi connectivity index (χ0v) is 15.3. The third kappa shape index (κ3) is 19.3. The Morgan fingerprint density at radius 3 is 1.57 bits per heavy atom. The zero-order valence-electron chi connectivity index (χ0n) is 15.3. The quantitative estimate of drug-likeness (QED) is 0.291. The molecule has 0 aromatic carbocycles. The van der Waals surface area contributed by atoms with Crippen molar-refractivity contribution in [3.05, 3.63) is 0 Å². The molecule has 23 heavy (non-hydrogen) atoms. The van der Waals surface area contributed by atoms with Crippen LogP contribution in [-0.2, 0) is 4.79 Å². The first-order chi connectivity index (χ1) is 11.3. The van der Waals surface area contributed by atoms with Crippen molar-refractivity contribution in [2.24, 2.45) is 5.73 Å². The highest BCUT2D eigenvalue weighted by Crippen LogP contribution is 1.96. The zero-order chi connectivity index (χ0) is 17.0. The molecule has 0 heterocycles. The minimum absolute atomic E-state index is 0.160. The maximum absolute atomic E-state index is 11.0. The SMILES string of the molecule is CCC(=O)NCCCCCNCCCCCNCCCCCN. The van der Waals surface area contributed by atoms with Crippen molar-refractivity contribution in [2.75, 3.05) is 39.3 Å². The highest BCUT2D eigenvalue weighted by atomic mass is 16.1. The highest BCUT2D eigenvalue weighted by molar-refractivity contribution is 5.75. The summed E-state index contributed by atoms with van der Waals surface area (Å²) in [4.78, 5) is 11.0. The van der Waals surface area contributed by atoms with Crippen molar-refractivity contribution in [3.8, 4) is 0 Å². The predicted molar refractivity (Wildman–Crippen MR) is 99.6 cm³/mol. The van der Waals surface area contributed by atoms with Crippen LogP contribution in [0.25, 0.3) is 0 Å². The van der Waals surface area contributed by atoms with Gasteiger partial charge in [0.15, 0.2) is 0 Å². The fraction of sp³-hybridized carbons (Fsp3) is 0.944. The predicted octanol–water partition coefficient (Wildman–Crippen LogP) is 2.16. The molecule has 0 fully saturated rings. The Labute approximate surface area is 143 Å². The number of nitrogens with one attached hydrogen (secondary N) is 3. The van der Waals surface area contributed by atoms with Gasteiger partial charge in [-0.05, 0) is 71.2 Å². The Morgan fingerprint density at radius 2 is 1.13 bits per heavy atom. The maximum atomic E-state index is 11.0. The highest BCUT2D eigenvalue weighted by Gasteiger charge is 1.95. The van der Waals surface area contributed by atoms with Gasteiger partial charge in [-0.25, -0.2) is 0 Å². The third-order valence-electron chi connectivity index (χ3n) is 3.94. The molecule has 0 aromatic rings. The van der Waals surface area contributed by atoms with E-state index in [4.69, 9.17) is 5.73 Å². The van der Waals surface area contributed by atoms with E-state index in [9.17, 15) is 4.79 Å². The van der Waals surface area contributed by atoms with Crippen molar-refractivity contribution in [3.63, 3.8) is 0 Å². The van der Waals surface area contributed by atoms with Crippen molar-refractivity contribution in [1.29, 1.82) is 0 Å². The molecule has 0 bridgehead atoms. The average molecular weight is 329 g/mol. The number of hydrogen-bond acceptors (Lipinski definition) is 4. The molecule has 0 spiro atoms. The number of unbranched alkanes of at least 4 members (excludes halogenated alkanes) is 6. The van der Waals surface area contributed by atoms with E-state index in [0.29, 0.717) is 6.42 Å². The van der Waals surface area contributed by atoms with E-state index >= 15 is 0 Å². The molecule has 0 unspecified atom stereocenters. The van der Waals surface area contributed by atoms with Crippen molar-refractivity contribution < 1.29 is 4.79 Å². The first-order valence-electron chi connectivity index (χ1n) is 9.69. The van der Waals surface area contributed by atoms with Gasteiger partial charge in [-0.2, -0.15) is 0 Å². The summed E-state index contributed by atoms with van der Waals surface area (Å²) in [7, 11) is 0. The molecule has 0 aliphatic heterocycles. The van der Waals surface area contributed by atoms with Crippen LogP contribution < -0.4 is 21.7 Å². The molecule has 0 saturated heterocycles. The van der Waals surface area contributed by atoms with Crippen molar-refractivity contribution >= 4 is 5.91 Å². The van der Waals surface area contributed by atoms with Crippen LogP contribution in [-0.4, -0.2) is 45.2 Å². The Kier molecular flexibility index (Phi) is 18.8. The Morgan fingerprint density at radius 1 is 0.696 bits per heavy atom. The van der Waals surface area contributed by atoms with Gasteiger partial charge < -0.3 is 21.7 Å². The van der Waals surface area contributed by atoms with Gasteiger partial charge >= 0.3 is 0 Å². The summed E-state index contributed by atoms with van der Waals surface area (Å²) in [6, 6.07) is 0. The van der Waals surface area contributed by atoms with E-state index in [1.807, 2.05) is 6.92 Å². The maximum Gasteiger partial charge on any atom is 0.219 e. The van der Waals surface area contributed by atoms with E-state index in [2.05, 4.69) is 16.0 Å². The summed E-state index contributed by atoms with van der Waals surface area (Å²) in [6.07, 6.45) is 11.6. The number of hydrogen-bond donors (Lipinski definition) is 4. The van der Waals surface area contributed by atoms with Gasteiger partial charge in [0.1, 0.15) is 0 Å². The van der Waals surface area contributed by atoms with Crippen molar-refractivity contribution in [2.45, 2.75) is 71.1 Å². The van der Waals surface area contributed by atoms with Crippen LogP contribution in [0.3, 0.4) is 0 Å². The second-order valence-electron chi connectivity index (χ2n) is 6.17. The Balaban J connectivity index is 2.99. The number of rotatable bonds is 18. The Hall–Kier alpha value is -0.650. The van der Waals surface area contributed by atoms with Gasteiger partial charge in [0, 0.05) is 13.0 Å². The van der Waals surface area contributed by atoms with Gasteiger partial charge in [0.2, 0.25) is 5.91 Å². The monoisotopic (exact) mass is 328 g/mol. The normalized spacial score (nSPS) is 10.9. The van der Waals surface area contributed by atoms with Crippen LogP contribution in [0.4, 0.5) is 0 Å². The summed E-state index contributed by atoms with van der Waals surface area (Å²) in [5.74, 6) is 0.160. The smallest absolute Gasteiger partial charge is 0.219 e. The molecule has 0 atom stereocenters. The van der Waals surface area contributed by atoms with Crippen LogP contribution in [0, 0.1) is 0 Å². The van der Waals surface area contributed by atoms with E-state index < -0.39 is 0 Å². The summed E-state index contributed by atoms with van der Waals surface area (Å²) >= 11 is 0. The minimum atomic E-state index is 0.160. The molecule has 0 aliphatic carbocycles. The molecule has 0 rings (SSSR count). The van der Waals surface area contributed by atoms with Gasteiger partial charge in [0.05, 0.1) is 0 Å². The standard InChI is InChI=1S/C18H40N4O/c1-2-18(23)22-17-11-5-10-16-21-15-9-4-8-14-20-13-7-3-6-12-19/h20-21H,2-17,19H2,1H3,(H,22,23). The van der Waals surface area contributed by atoms with Crippen molar-refractivity contribution in [1.82, 2.24) is 16.0 Å². The van der Waals surface area contributed by atoms with Gasteiger partial charge in [-0.3, -0.25) is 4.79 Å². The largest absolute Gasteiger partial charge is 0.356 e. The molecule has 5 nitrogen and oxygen atoms in total. The first kappa shape index (κ1) is 22.4. The van der Waals surface area contributed by atoms with E-state index in [0.717, 1.165) is 52.1 Å². The van der Waals surface area contributed by atoms with E-state index in [-0.39, 0.29) is 5.91 Å². The molecule has 5 N–H and O–H groups in total. The lowest BCUT2D eigenvalue weighted by Gasteiger charge is -2.06. The molecule has 0 radical (unpaired) electrons. The van der Waals surface area contributed by atoms with Gasteiger partial charge in [-0.1, -0.05) is 26.2 Å². The topological polar surface area (TPSA) is 79.2 Å². The number of carbonyl (C=O) groups is 1. The van der Waals surface area contributed by atoms with Gasteiger partial charge in [0.25, 0.3) is 0 Å². The summed E-state index contributed by atoms with van der Waals surface area (Å²) < 4.78 is 0. The molecular formula is C18H40N4O. The Bertz CT molecular complexity index is 249. The summed E-state index contributed by atoms with van der Waals surface area (Å²) in [5, 5.41) is 9.91. The molecule has 1 amide bonds. The van der Waals surface area contributed by atoms with Crippen LogP contribution in [0.5, 0.6) is 0 Å². The lowest BCUT2D eigenvalue weighted by molar-refractivity contribution is -0.120. The minimum Gasteiger partial charge on any atom is -0.356 e. The lowest BCUT2D eigenvalue weighted by atomic mass is 10.2. The fourth-order valence-corrected chi connectivity index (χ4v) is 2.40. The summed E-state index contributed by atoms with van der Waals surface area (Å²) in [6.45, 7) is 8.04. The number of amides is 1. The molecule has 5 heteroatoms. The molecule has 138 valence electrons. The van der Waals surface area contributed by atoms with Crippen LogP contribution in [0.15, 0.2) is 0 Å². The van der Waals surface area contributed by atoms with Crippen LogP contribution >= 0.6 is 0 Å². The second-order valence-corrected chi connectivity index (χ2v) is 6.17. The van der Waals surface area contributed by atoms with E-state index in [1.165, 1.54) is 44.9 Å². The average Bonchev–Trinajstić information content (AvgIpc) is 2.57. The van der Waals surface area contributed by atoms with E-state index in [1.54, 1.807) is 0 Å². The van der Waals surface area contributed by atoms with Crippen LogP contribution in [0.1, 0.15) is 71.1 Å². The molecular weight excluding hydrogens is 288 g/mol. The second kappa shape index (κ2) is 19.4. The van der Waals surface area contributed by atoms with Gasteiger partial charge in [-0.15, -0.1) is 0 Å². The molecule has 0 aliphatic rings. The molecule has 0 aromatic heterocycles. The summed E-state index contributed by atoms with van der Waals surface area (Å²) in [5.41, 5.74) is 5.46. The number of carbonyl (C=O) groups excluding carboxylic acids is 1. The fourth-order valence-electron chi connectivity index (χ4n) is 2.40. The number of nitrogens with two attached hydrogens (primary N) is 1. The van der Waals surface area contributed by atoms with Crippen LogP contribution in [0.2, 0.25) is 0 Å². The molecule has 0 saturated carbocycles.